The summed E-state index contributed by atoms with van der Waals surface area (Å²) >= 11 is 0. The number of benzene rings is 2. The van der Waals surface area contributed by atoms with E-state index in [2.05, 4.69) is 15.2 Å². The SMILES string of the molecule is COc1ccc(S(=O)(=O)NN=C(C)c2cccc(NC(=O)c3ccc(C)o3)c2)c(OC)c1. The lowest BCUT2D eigenvalue weighted by molar-refractivity contribution is 0.0995. The van der Waals surface area contributed by atoms with Crippen LogP contribution in [0.15, 0.2) is 69.0 Å². The van der Waals surface area contributed by atoms with Gasteiger partial charge in [0.1, 0.15) is 22.2 Å². The van der Waals surface area contributed by atoms with Gasteiger partial charge in [-0.3, -0.25) is 4.79 Å². The standard InChI is InChI=1S/C22H23N3O6S/c1-14-8-10-19(31-14)22(26)23-17-7-5-6-16(12-17)15(2)24-25-32(27,28)21-11-9-18(29-3)13-20(21)30-4/h5-13,25H,1-4H3,(H,23,26). The predicted octanol–water partition coefficient (Wildman–Crippen LogP) is 3.56. The number of aryl methyl sites for hydroxylation is 1. The minimum absolute atomic E-state index is 0.0768. The van der Waals surface area contributed by atoms with Crippen molar-refractivity contribution in [2.75, 3.05) is 19.5 Å². The highest BCUT2D eigenvalue weighted by Crippen LogP contribution is 2.28. The molecule has 3 aromatic rings. The molecule has 0 bridgehead atoms. The van der Waals surface area contributed by atoms with E-state index in [0.717, 1.165) is 0 Å². The zero-order valence-electron chi connectivity index (χ0n) is 18.0. The van der Waals surface area contributed by atoms with E-state index >= 15 is 0 Å². The van der Waals surface area contributed by atoms with E-state index in [1.165, 1.54) is 32.4 Å². The molecule has 0 saturated carbocycles. The first-order chi connectivity index (χ1) is 15.2. The number of carbonyl (C=O) groups is 1. The number of hydrazone groups is 1. The number of furan rings is 1. The number of rotatable bonds is 8. The molecule has 0 unspecified atom stereocenters. The third kappa shape index (κ3) is 5.27. The summed E-state index contributed by atoms with van der Waals surface area (Å²) < 4.78 is 41.0. The fourth-order valence-corrected chi connectivity index (χ4v) is 3.82. The Morgan fingerprint density at radius 2 is 1.81 bits per heavy atom. The van der Waals surface area contributed by atoms with Crippen molar-refractivity contribution >= 4 is 27.3 Å². The van der Waals surface area contributed by atoms with Crippen LogP contribution >= 0.6 is 0 Å². The van der Waals surface area contributed by atoms with Gasteiger partial charge >= 0.3 is 0 Å². The summed E-state index contributed by atoms with van der Waals surface area (Å²) in [5.74, 6) is 1.02. The molecule has 0 radical (unpaired) electrons. The van der Waals surface area contributed by atoms with E-state index in [1.807, 2.05) is 0 Å². The van der Waals surface area contributed by atoms with Crippen LogP contribution in [0.5, 0.6) is 11.5 Å². The molecule has 168 valence electrons. The van der Waals surface area contributed by atoms with Gasteiger partial charge in [0.15, 0.2) is 5.76 Å². The fourth-order valence-electron chi connectivity index (χ4n) is 2.81. The Hall–Kier alpha value is -3.79. The van der Waals surface area contributed by atoms with Crippen LogP contribution in [0.3, 0.4) is 0 Å². The maximum atomic E-state index is 12.7. The quantitative estimate of drug-likeness (QED) is 0.394. The second-order valence-corrected chi connectivity index (χ2v) is 8.38. The average Bonchev–Trinajstić information content (AvgIpc) is 3.23. The van der Waals surface area contributed by atoms with Crippen LogP contribution in [0.1, 0.15) is 28.8 Å². The van der Waals surface area contributed by atoms with Crippen molar-refractivity contribution in [1.29, 1.82) is 0 Å². The predicted molar refractivity (Wildman–Crippen MR) is 120 cm³/mol. The van der Waals surface area contributed by atoms with E-state index in [1.54, 1.807) is 50.2 Å². The van der Waals surface area contributed by atoms with Crippen LogP contribution < -0.4 is 19.6 Å². The maximum Gasteiger partial charge on any atom is 0.291 e. The van der Waals surface area contributed by atoms with Crippen LogP contribution in [0, 0.1) is 6.92 Å². The molecule has 0 aliphatic heterocycles. The van der Waals surface area contributed by atoms with Crippen molar-refractivity contribution in [2.45, 2.75) is 18.7 Å². The van der Waals surface area contributed by atoms with Gasteiger partial charge in [0.05, 0.1) is 19.9 Å². The molecule has 1 amide bonds. The van der Waals surface area contributed by atoms with Crippen molar-refractivity contribution in [2.24, 2.45) is 5.10 Å². The van der Waals surface area contributed by atoms with Gasteiger partial charge in [0, 0.05) is 11.8 Å². The first-order valence-corrected chi connectivity index (χ1v) is 11.0. The molecule has 2 aromatic carbocycles. The summed E-state index contributed by atoms with van der Waals surface area (Å²) in [5.41, 5.74) is 1.52. The molecular formula is C22H23N3O6S. The monoisotopic (exact) mass is 457 g/mol. The molecule has 10 heteroatoms. The second-order valence-electron chi connectivity index (χ2n) is 6.75. The third-order valence-corrected chi connectivity index (χ3v) is 5.74. The molecule has 9 nitrogen and oxygen atoms in total. The molecule has 3 rings (SSSR count). The van der Waals surface area contributed by atoms with Crippen LogP contribution in [0.25, 0.3) is 0 Å². The number of nitrogens with zero attached hydrogens (tertiary/aromatic N) is 1. The highest BCUT2D eigenvalue weighted by molar-refractivity contribution is 7.89. The van der Waals surface area contributed by atoms with Crippen molar-refractivity contribution in [3.63, 3.8) is 0 Å². The third-order valence-electron chi connectivity index (χ3n) is 4.50. The summed E-state index contributed by atoms with van der Waals surface area (Å²) in [5, 5.41) is 6.74. The Bertz CT molecular complexity index is 1260. The van der Waals surface area contributed by atoms with Crippen LogP contribution in [-0.2, 0) is 10.0 Å². The Labute approximate surface area is 186 Å². The molecule has 1 aromatic heterocycles. The lowest BCUT2D eigenvalue weighted by Crippen LogP contribution is -2.20. The summed E-state index contributed by atoms with van der Waals surface area (Å²) in [6, 6.07) is 14.5. The van der Waals surface area contributed by atoms with Gasteiger partial charge in [0.25, 0.3) is 15.9 Å². The second kappa shape index (κ2) is 9.56. The first-order valence-electron chi connectivity index (χ1n) is 9.50. The maximum absolute atomic E-state index is 12.7. The number of methoxy groups -OCH3 is 2. The molecule has 0 spiro atoms. The average molecular weight is 458 g/mol. The smallest absolute Gasteiger partial charge is 0.291 e. The van der Waals surface area contributed by atoms with Gasteiger partial charge in [-0.25, -0.2) is 0 Å². The number of carbonyl (C=O) groups excluding carboxylic acids is 1. The van der Waals surface area contributed by atoms with E-state index < -0.39 is 15.9 Å². The molecule has 0 saturated heterocycles. The number of nitrogens with one attached hydrogen (secondary N) is 2. The van der Waals surface area contributed by atoms with Gasteiger partial charge in [0.2, 0.25) is 0 Å². The highest BCUT2D eigenvalue weighted by Gasteiger charge is 2.20. The van der Waals surface area contributed by atoms with Crippen molar-refractivity contribution < 1.29 is 27.1 Å². The number of hydrogen-bond acceptors (Lipinski definition) is 7. The summed E-state index contributed by atoms with van der Waals surface area (Å²) in [6.07, 6.45) is 0. The number of hydrogen-bond donors (Lipinski definition) is 2. The number of sulfonamides is 1. The normalized spacial score (nSPS) is 11.7. The van der Waals surface area contributed by atoms with Crippen LogP contribution in [-0.4, -0.2) is 34.3 Å². The van der Waals surface area contributed by atoms with Gasteiger partial charge in [-0.15, -0.1) is 0 Å². The Kier molecular flexibility index (Phi) is 6.84. The summed E-state index contributed by atoms with van der Waals surface area (Å²) in [6.45, 7) is 3.39. The van der Waals surface area contributed by atoms with Gasteiger partial charge in [-0.2, -0.15) is 18.4 Å². The van der Waals surface area contributed by atoms with E-state index in [4.69, 9.17) is 13.9 Å². The Balaban J connectivity index is 1.77. The summed E-state index contributed by atoms with van der Waals surface area (Å²) in [7, 11) is -1.15. The zero-order valence-corrected chi connectivity index (χ0v) is 18.8. The van der Waals surface area contributed by atoms with Crippen LogP contribution in [0.2, 0.25) is 0 Å². The minimum atomic E-state index is -3.99. The molecular weight excluding hydrogens is 434 g/mol. The van der Waals surface area contributed by atoms with E-state index in [0.29, 0.717) is 28.5 Å². The Morgan fingerprint density at radius 3 is 2.47 bits per heavy atom. The zero-order chi connectivity index (χ0) is 23.3. The number of amides is 1. The molecule has 0 atom stereocenters. The number of ether oxygens (including phenoxy) is 2. The lowest BCUT2D eigenvalue weighted by Gasteiger charge is -2.11. The first kappa shape index (κ1) is 22.9. The van der Waals surface area contributed by atoms with Gasteiger partial charge in [-0.05, 0) is 55.8 Å². The molecule has 2 N–H and O–H groups in total. The molecule has 0 fully saturated rings. The van der Waals surface area contributed by atoms with E-state index in [-0.39, 0.29) is 16.4 Å². The number of anilines is 1. The lowest BCUT2D eigenvalue weighted by atomic mass is 10.1. The highest BCUT2D eigenvalue weighted by atomic mass is 32.2. The van der Waals surface area contributed by atoms with Crippen LogP contribution in [0.4, 0.5) is 5.69 Å². The molecule has 1 heterocycles. The van der Waals surface area contributed by atoms with Crippen molar-refractivity contribution in [3.05, 3.63) is 71.7 Å². The molecule has 0 aliphatic carbocycles. The largest absolute Gasteiger partial charge is 0.497 e. The van der Waals surface area contributed by atoms with E-state index in [9.17, 15) is 13.2 Å². The Morgan fingerprint density at radius 1 is 1.03 bits per heavy atom. The summed E-state index contributed by atoms with van der Waals surface area (Å²) in [4.78, 5) is 14.4. The topological polar surface area (TPSA) is 119 Å². The van der Waals surface area contributed by atoms with Crippen molar-refractivity contribution in [3.8, 4) is 11.5 Å². The minimum Gasteiger partial charge on any atom is -0.497 e. The fraction of sp³-hybridized carbons (Fsp3) is 0.182. The molecule has 0 aliphatic rings. The van der Waals surface area contributed by atoms with Gasteiger partial charge in [-0.1, -0.05) is 12.1 Å². The van der Waals surface area contributed by atoms with Gasteiger partial charge < -0.3 is 19.2 Å². The van der Waals surface area contributed by atoms with Crippen molar-refractivity contribution in [1.82, 2.24) is 4.83 Å². The molecule has 32 heavy (non-hydrogen) atoms.